The number of carbonyl (C=O) groups is 1. The van der Waals surface area contributed by atoms with E-state index in [1.165, 1.54) is 0 Å². The Bertz CT molecular complexity index is 566. The Kier molecular flexibility index (Phi) is 5.46. The quantitative estimate of drug-likeness (QED) is 0.846. The predicted molar refractivity (Wildman–Crippen MR) is 82.7 cm³/mol. The predicted octanol–water partition coefficient (Wildman–Crippen LogP) is 1.80. The Morgan fingerprint density at radius 2 is 2.38 bits per heavy atom. The second-order valence-electron chi connectivity index (χ2n) is 5.12. The van der Waals surface area contributed by atoms with Gasteiger partial charge in [0.15, 0.2) is 0 Å². The number of hydrogen-bond donors (Lipinski definition) is 1. The number of likely N-dealkylation sites (N-methyl/N-ethyl adjacent to an activating group) is 1. The van der Waals surface area contributed by atoms with Crippen LogP contribution in [0.25, 0.3) is 0 Å². The van der Waals surface area contributed by atoms with Gasteiger partial charge in [0, 0.05) is 13.6 Å². The summed E-state index contributed by atoms with van der Waals surface area (Å²) >= 11 is 1.63. The van der Waals surface area contributed by atoms with Gasteiger partial charge in [-0.2, -0.15) is 11.3 Å². The summed E-state index contributed by atoms with van der Waals surface area (Å²) in [6, 6.07) is 1.91. The van der Waals surface area contributed by atoms with Crippen LogP contribution in [0.15, 0.2) is 23.0 Å². The first kappa shape index (κ1) is 15.7. The Labute approximate surface area is 128 Å². The van der Waals surface area contributed by atoms with E-state index in [1.54, 1.807) is 34.2 Å². The first-order chi connectivity index (χ1) is 10.1. The summed E-state index contributed by atoms with van der Waals surface area (Å²) in [6.07, 6.45) is 3.62. The van der Waals surface area contributed by atoms with Crippen LogP contribution in [0, 0.1) is 0 Å². The largest absolute Gasteiger partial charge is 0.340 e. The van der Waals surface area contributed by atoms with Crippen molar-refractivity contribution in [2.24, 2.45) is 5.73 Å². The molecule has 2 aromatic rings. The fraction of sp³-hybridized carbons (Fsp3) is 0.500. The molecular formula is C14H21N5OS. The van der Waals surface area contributed by atoms with Crippen molar-refractivity contribution in [1.29, 1.82) is 0 Å². The van der Waals surface area contributed by atoms with Gasteiger partial charge >= 0.3 is 0 Å². The Hall–Kier alpha value is -1.73. The van der Waals surface area contributed by atoms with Gasteiger partial charge in [-0.15, -0.1) is 5.10 Å². The third-order valence-electron chi connectivity index (χ3n) is 3.26. The number of rotatable bonds is 7. The van der Waals surface area contributed by atoms with Crippen LogP contribution < -0.4 is 5.73 Å². The van der Waals surface area contributed by atoms with Crippen LogP contribution in [0.2, 0.25) is 0 Å². The van der Waals surface area contributed by atoms with Crippen molar-refractivity contribution < 1.29 is 4.79 Å². The van der Waals surface area contributed by atoms with Crippen LogP contribution in [-0.2, 0) is 17.9 Å². The molecule has 2 aromatic heterocycles. The van der Waals surface area contributed by atoms with Crippen molar-refractivity contribution in [3.05, 3.63) is 34.3 Å². The maximum absolute atomic E-state index is 12.2. The lowest BCUT2D eigenvalue weighted by Gasteiger charge is -2.16. The molecule has 114 valence electrons. The minimum Gasteiger partial charge on any atom is -0.340 e. The van der Waals surface area contributed by atoms with E-state index in [0.717, 1.165) is 24.1 Å². The number of hydrogen-bond acceptors (Lipinski definition) is 5. The number of amides is 1. The van der Waals surface area contributed by atoms with Gasteiger partial charge in [-0.1, -0.05) is 18.6 Å². The lowest BCUT2D eigenvalue weighted by atomic mass is 10.1. The van der Waals surface area contributed by atoms with Crippen molar-refractivity contribution in [1.82, 2.24) is 19.9 Å². The lowest BCUT2D eigenvalue weighted by Crippen LogP contribution is -2.29. The van der Waals surface area contributed by atoms with E-state index < -0.39 is 0 Å². The van der Waals surface area contributed by atoms with E-state index in [9.17, 15) is 4.79 Å². The molecule has 7 heteroatoms. The van der Waals surface area contributed by atoms with Crippen LogP contribution in [-0.4, -0.2) is 32.8 Å². The van der Waals surface area contributed by atoms with Crippen molar-refractivity contribution in [2.75, 3.05) is 7.05 Å². The zero-order valence-corrected chi connectivity index (χ0v) is 13.2. The van der Waals surface area contributed by atoms with Crippen LogP contribution in [0.5, 0.6) is 0 Å². The van der Waals surface area contributed by atoms with Crippen LogP contribution in [0.4, 0.5) is 0 Å². The molecule has 0 spiro atoms. The number of aromatic nitrogens is 3. The van der Waals surface area contributed by atoms with Crippen LogP contribution >= 0.6 is 11.3 Å². The maximum Gasteiger partial charge on any atom is 0.244 e. The third kappa shape index (κ3) is 4.37. The Balaban J connectivity index is 1.90. The van der Waals surface area contributed by atoms with Crippen molar-refractivity contribution in [3.8, 4) is 0 Å². The van der Waals surface area contributed by atoms with Gasteiger partial charge in [0.05, 0.1) is 17.9 Å². The molecule has 0 saturated heterocycles. The van der Waals surface area contributed by atoms with E-state index in [4.69, 9.17) is 5.73 Å². The van der Waals surface area contributed by atoms with Gasteiger partial charge in [0.1, 0.15) is 6.54 Å². The first-order valence-corrected chi connectivity index (χ1v) is 7.95. The van der Waals surface area contributed by atoms with E-state index >= 15 is 0 Å². The number of thiophene rings is 1. The number of nitrogens with two attached hydrogens (primary N) is 1. The third-order valence-corrected chi connectivity index (χ3v) is 3.99. The smallest absolute Gasteiger partial charge is 0.244 e. The van der Waals surface area contributed by atoms with Crippen molar-refractivity contribution >= 4 is 17.2 Å². The molecule has 2 heterocycles. The summed E-state index contributed by atoms with van der Waals surface area (Å²) < 4.78 is 1.55. The molecule has 2 rings (SSSR count). The fourth-order valence-electron chi connectivity index (χ4n) is 2.02. The highest BCUT2D eigenvalue weighted by Crippen LogP contribution is 2.12. The van der Waals surface area contributed by atoms with E-state index in [2.05, 4.69) is 17.2 Å². The van der Waals surface area contributed by atoms with E-state index in [1.807, 2.05) is 16.8 Å². The van der Waals surface area contributed by atoms with Crippen LogP contribution in [0.3, 0.4) is 0 Å². The standard InChI is InChI=1S/C14H21N5OS/c1-3-4-12(15)13-8-19(17-16-13)9-14(20)18(2)7-11-5-6-21-10-11/h5-6,8,10,12H,3-4,7,9,15H2,1-2H3. The van der Waals surface area contributed by atoms with Gasteiger partial charge in [-0.3, -0.25) is 4.79 Å². The Morgan fingerprint density at radius 1 is 1.57 bits per heavy atom. The summed E-state index contributed by atoms with van der Waals surface area (Å²) in [5.74, 6) is 0.00159. The Morgan fingerprint density at radius 3 is 3.05 bits per heavy atom. The highest BCUT2D eigenvalue weighted by atomic mass is 32.1. The first-order valence-electron chi connectivity index (χ1n) is 7.00. The van der Waals surface area contributed by atoms with Gasteiger partial charge in [-0.25, -0.2) is 4.68 Å². The molecule has 0 aromatic carbocycles. The summed E-state index contributed by atoms with van der Waals surface area (Å²) in [5.41, 5.74) is 7.87. The molecule has 0 radical (unpaired) electrons. The molecule has 1 amide bonds. The molecule has 21 heavy (non-hydrogen) atoms. The molecule has 0 aliphatic carbocycles. The summed E-state index contributed by atoms with van der Waals surface area (Å²) in [7, 11) is 1.79. The highest BCUT2D eigenvalue weighted by molar-refractivity contribution is 7.07. The van der Waals surface area contributed by atoms with Crippen molar-refractivity contribution in [3.63, 3.8) is 0 Å². The average Bonchev–Trinajstić information content (AvgIpc) is 3.10. The molecule has 0 aliphatic rings. The zero-order chi connectivity index (χ0) is 15.2. The molecule has 0 fully saturated rings. The summed E-state index contributed by atoms with van der Waals surface area (Å²) in [4.78, 5) is 13.8. The normalized spacial score (nSPS) is 12.3. The second kappa shape index (κ2) is 7.33. The van der Waals surface area contributed by atoms with Gasteiger partial charge in [0.25, 0.3) is 0 Å². The van der Waals surface area contributed by atoms with E-state index in [-0.39, 0.29) is 18.5 Å². The molecular weight excluding hydrogens is 286 g/mol. The second-order valence-corrected chi connectivity index (χ2v) is 5.90. The maximum atomic E-state index is 12.2. The minimum atomic E-state index is -0.109. The van der Waals surface area contributed by atoms with Gasteiger partial charge in [0.2, 0.25) is 5.91 Å². The number of nitrogens with zero attached hydrogens (tertiary/aromatic N) is 4. The molecule has 1 atom stereocenters. The molecule has 6 nitrogen and oxygen atoms in total. The fourth-order valence-corrected chi connectivity index (χ4v) is 2.68. The van der Waals surface area contributed by atoms with Gasteiger partial charge in [-0.05, 0) is 28.8 Å². The highest BCUT2D eigenvalue weighted by Gasteiger charge is 2.14. The average molecular weight is 307 g/mol. The monoisotopic (exact) mass is 307 g/mol. The zero-order valence-electron chi connectivity index (χ0n) is 12.4. The lowest BCUT2D eigenvalue weighted by molar-refractivity contribution is -0.131. The van der Waals surface area contributed by atoms with Crippen LogP contribution in [0.1, 0.15) is 37.1 Å². The molecule has 2 N–H and O–H groups in total. The SMILES string of the molecule is CCCC(N)c1cn(CC(=O)N(C)Cc2ccsc2)nn1. The molecule has 1 unspecified atom stereocenters. The summed E-state index contributed by atoms with van der Waals surface area (Å²) in [5, 5.41) is 12.1. The minimum absolute atomic E-state index is 0.00159. The molecule has 0 saturated carbocycles. The topological polar surface area (TPSA) is 77.0 Å². The van der Waals surface area contributed by atoms with E-state index in [0.29, 0.717) is 6.54 Å². The molecule has 0 bridgehead atoms. The molecule has 0 aliphatic heterocycles. The van der Waals surface area contributed by atoms with Crippen molar-refractivity contribution in [2.45, 2.75) is 38.9 Å². The van der Waals surface area contributed by atoms with Gasteiger partial charge < -0.3 is 10.6 Å². The summed E-state index contributed by atoms with van der Waals surface area (Å²) in [6.45, 7) is 2.87. The number of carbonyl (C=O) groups excluding carboxylic acids is 1.